The van der Waals surface area contributed by atoms with Crippen LogP contribution >= 0.6 is 11.6 Å². The molecule has 3 fully saturated rings. The van der Waals surface area contributed by atoms with Gasteiger partial charge in [-0.2, -0.15) is 5.26 Å². The Morgan fingerprint density at radius 2 is 1.73 bits per heavy atom. The van der Waals surface area contributed by atoms with Crippen molar-refractivity contribution in [2.75, 3.05) is 64.4 Å². The summed E-state index contributed by atoms with van der Waals surface area (Å²) in [6, 6.07) is 9.31. The number of piperazine rings is 1. The SMILES string of the molecule is CNC(=O)[C@H]1CCCN1C(=O)C(NC(=O)COCCN1CCN(c2ccc(C(=O)N[C@H]3C(C)(C)[C@H](Oc4ccc(C#N)c(Cl)c4)C3(C)C)cn2)CC1)C(C)(C)C. The minimum Gasteiger partial charge on any atom is -0.489 e. The molecule has 3 heterocycles. The summed E-state index contributed by atoms with van der Waals surface area (Å²) in [5, 5.41) is 18.3. The molecule has 2 aromatic rings. The van der Waals surface area contributed by atoms with E-state index in [-0.39, 0.29) is 53.2 Å². The number of likely N-dealkylation sites (tertiary alicyclic amines) is 1. The predicted molar refractivity (Wildman–Crippen MR) is 213 cm³/mol. The topological polar surface area (TPSA) is 169 Å². The van der Waals surface area contributed by atoms with E-state index in [0.717, 1.165) is 38.4 Å². The van der Waals surface area contributed by atoms with Crippen molar-refractivity contribution >= 4 is 41.0 Å². The molecule has 1 unspecified atom stereocenters. The lowest BCUT2D eigenvalue weighted by atomic mass is 9.49. The van der Waals surface area contributed by atoms with Gasteiger partial charge in [0, 0.05) is 75.5 Å². The maximum atomic E-state index is 13.5. The van der Waals surface area contributed by atoms with Crippen LogP contribution in [0.2, 0.25) is 5.02 Å². The van der Waals surface area contributed by atoms with Crippen molar-refractivity contribution in [3.63, 3.8) is 0 Å². The van der Waals surface area contributed by atoms with Crippen molar-refractivity contribution in [3.05, 3.63) is 52.7 Å². The molecular formula is C41H57ClN8O6. The molecule has 0 bridgehead atoms. The monoisotopic (exact) mass is 792 g/mol. The molecule has 0 radical (unpaired) electrons. The first-order valence-electron chi connectivity index (χ1n) is 19.4. The first-order chi connectivity index (χ1) is 26.4. The van der Waals surface area contributed by atoms with Crippen LogP contribution in [0.1, 0.15) is 77.2 Å². The fourth-order valence-electron chi connectivity index (χ4n) is 8.56. The van der Waals surface area contributed by atoms with Gasteiger partial charge in [0.1, 0.15) is 42.4 Å². The molecule has 0 spiro atoms. The number of nitriles is 1. The van der Waals surface area contributed by atoms with Crippen LogP contribution in [-0.2, 0) is 19.1 Å². The Morgan fingerprint density at radius 1 is 1.04 bits per heavy atom. The van der Waals surface area contributed by atoms with E-state index >= 15 is 0 Å². The number of amides is 4. The number of pyridine rings is 1. The maximum absolute atomic E-state index is 13.5. The highest BCUT2D eigenvalue weighted by Crippen LogP contribution is 2.55. The van der Waals surface area contributed by atoms with Gasteiger partial charge in [-0.3, -0.25) is 24.1 Å². The predicted octanol–water partition coefficient (Wildman–Crippen LogP) is 3.63. The van der Waals surface area contributed by atoms with E-state index in [1.807, 2.05) is 26.8 Å². The Kier molecular flexibility index (Phi) is 13.2. The van der Waals surface area contributed by atoms with Crippen molar-refractivity contribution in [1.29, 1.82) is 5.26 Å². The largest absolute Gasteiger partial charge is 0.489 e. The van der Waals surface area contributed by atoms with Gasteiger partial charge in [-0.05, 0) is 42.5 Å². The summed E-state index contributed by atoms with van der Waals surface area (Å²) in [6.45, 7) is 18.3. The van der Waals surface area contributed by atoms with Crippen LogP contribution in [0.5, 0.6) is 5.75 Å². The first kappa shape index (κ1) is 42.7. The third-order valence-corrected chi connectivity index (χ3v) is 11.7. The summed E-state index contributed by atoms with van der Waals surface area (Å²) in [4.78, 5) is 62.8. The normalized spacial score (nSPS) is 22.3. The summed E-state index contributed by atoms with van der Waals surface area (Å²) in [6.07, 6.45) is 2.76. The number of ether oxygens (including phenoxy) is 2. The highest BCUT2D eigenvalue weighted by molar-refractivity contribution is 6.31. The molecule has 1 aromatic heterocycles. The van der Waals surface area contributed by atoms with Crippen LogP contribution in [0.4, 0.5) is 5.82 Å². The molecule has 14 nitrogen and oxygen atoms in total. The Hall–Kier alpha value is -4.45. The molecule has 4 amide bonds. The van der Waals surface area contributed by atoms with Gasteiger partial charge in [0.15, 0.2) is 0 Å². The first-order valence-corrected chi connectivity index (χ1v) is 19.8. The highest BCUT2D eigenvalue weighted by Gasteiger charge is 2.64. The molecule has 56 heavy (non-hydrogen) atoms. The van der Waals surface area contributed by atoms with Gasteiger partial charge in [0.25, 0.3) is 5.91 Å². The molecule has 304 valence electrons. The molecule has 3 N–H and O–H groups in total. The summed E-state index contributed by atoms with van der Waals surface area (Å²) in [7, 11) is 1.56. The second-order valence-electron chi connectivity index (χ2n) is 17.3. The second kappa shape index (κ2) is 17.4. The number of benzene rings is 1. The molecule has 2 atom stereocenters. The fourth-order valence-corrected chi connectivity index (χ4v) is 8.78. The van der Waals surface area contributed by atoms with Crippen LogP contribution < -0.4 is 25.6 Å². The van der Waals surface area contributed by atoms with Crippen LogP contribution in [0.15, 0.2) is 36.5 Å². The average molecular weight is 793 g/mol. The zero-order valence-electron chi connectivity index (χ0n) is 33.9. The molecule has 2 saturated heterocycles. The maximum Gasteiger partial charge on any atom is 0.253 e. The van der Waals surface area contributed by atoms with E-state index < -0.39 is 17.5 Å². The molecule has 1 aliphatic carbocycles. The van der Waals surface area contributed by atoms with Gasteiger partial charge in [0.2, 0.25) is 17.7 Å². The quantitative estimate of drug-likeness (QED) is 0.255. The van der Waals surface area contributed by atoms with Crippen LogP contribution in [0, 0.1) is 27.6 Å². The van der Waals surface area contributed by atoms with Gasteiger partial charge >= 0.3 is 0 Å². The molecule has 15 heteroatoms. The van der Waals surface area contributed by atoms with Crippen LogP contribution in [-0.4, -0.2) is 122 Å². The molecule has 2 aliphatic heterocycles. The number of halogens is 1. The number of carbonyl (C=O) groups excluding carboxylic acids is 4. The number of carbonyl (C=O) groups is 4. The highest BCUT2D eigenvalue weighted by atomic mass is 35.5. The van der Waals surface area contributed by atoms with Gasteiger partial charge in [-0.15, -0.1) is 0 Å². The van der Waals surface area contributed by atoms with Crippen molar-refractivity contribution in [2.24, 2.45) is 16.2 Å². The minimum atomic E-state index is -0.785. The van der Waals surface area contributed by atoms with E-state index in [2.05, 4.69) is 64.5 Å². The van der Waals surface area contributed by atoms with Crippen molar-refractivity contribution in [3.8, 4) is 11.8 Å². The van der Waals surface area contributed by atoms with Crippen LogP contribution in [0.3, 0.4) is 0 Å². The summed E-state index contributed by atoms with van der Waals surface area (Å²) in [5.41, 5.74) is -0.454. The molecule has 5 rings (SSSR count). The third kappa shape index (κ3) is 9.39. The smallest absolute Gasteiger partial charge is 0.253 e. The number of aromatic nitrogens is 1. The average Bonchev–Trinajstić information content (AvgIpc) is 3.66. The number of nitrogens with zero attached hydrogens (tertiary/aromatic N) is 5. The minimum absolute atomic E-state index is 0.165. The van der Waals surface area contributed by atoms with Gasteiger partial charge in [-0.1, -0.05) is 60.1 Å². The van der Waals surface area contributed by atoms with Gasteiger partial charge in [0.05, 0.1) is 22.8 Å². The summed E-state index contributed by atoms with van der Waals surface area (Å²) in [5.74, 6) is 0.364. The van der Waals surface area contributed by atoms with E-state index in [0.29, 0.717) is 48.0 Å². The lowest BCUT2D eigenvalue weighted by Gasteiger charge is -2.63. The summed E-state index contributed by atoms with van der Waals surface area (Å²) >= 11 is 6.23. The lowest BCUT2D eigenvalue weighted by Crippen LogP contribution is -2.74. The zero-order chi connectivity index (χ0) is 41.0. The molecule has 3 aliphatic rings. The summed E-state index contributed by atoms with van der Waals surface area (Å²) < 4.78 is 12.1. The number of rotatable bonds is 13. The Labute approximate surface area is 335 Å². The van der Waals surface area contributed by atoms with E-state index in [4.69, 9.17) is 21.1 Å². The van der Waals surface area contributed by atoms with Gasteiger partial charge in [-0.25, -0.2) is 4.98 Å². The number of nitrogens with one attached hydrogen (secondary N) is 3. The number of anilines is 1. The van der Waals surface area contributed by atoms with Gasteiger partial charge < -0.3 is 35.2 Å². The molecule has 1 aromatic carbocycles. The third-order valence-electron chi connectivity index (χ3n) is 11.4. The van der Waals surface area contributed by atoms with Crippen molar-refractivity contribution in [2.45, 2.75) is 85.5 Å². The molecule has 1 saturated carbocycles. The Bertz CT molecular complexity index is 1780. The standard InChI is InChI=1S/C41H57ClN8O6/c1-39(2,3)33(36(54)50-15-9-10-30(50)35(53)44-8)46-32(51)25-55-21-20-48-16-18-49(19-17-48)31-14-12-27(24-45-31)34(52)47-37-40(4,5)38(41(37,6)7)56-28-13-11-26(23-43)29(42)22-28/h11-14,22,24,30,33,37-38H,9-10,15-21,25H2,1-8H3,(H,44,53)(H,46,51)(H,47,52)/t30-,33?,37-,38-/m1/s1. The number of hydrogen-bond acceptors (Lipinski definition) is 10. The van der Waals surface area contributed by atoms with Crippen LogP contribution in [0.25, 0.3) is 0 Å². The van der Waals surface area contributed by atoms with Crippen molar-refractivity contribution in [1.82, 2.24) is 30.7 Å². The van der Waals surface area contributed by atoms with Crippen molar-refractivity contribution < 1.29 is 28.7 Å². The zero-order valence-corrected chi connectivity index (χ0v) is 34.7. The Morgan fingerprint density at radius 3 is 2.32 bits per heavy atom. The number of hydrogen-bond donors (Lipinski definition) is 3. The van der Waals surface area contributed by atoms with E-state index in [1.165, 1.54) is 0 Å². The molecular weight excluding hydrogens is 736 g/mol. The van der Waals surface area contributed by atoms with E-state index in [1.54, 1.807) is 42.4 Å². The Balaban J connectivity index is 1.04. The fraction of sp³-hybridized carbons (Fsp3) is 0.610. The lowest BCUT2D eigenvalue weighted by molar-refractivity contribution is -0.164. The van der Waals surface area contributed by atoms with E-state index in [9.17, 15) is 24.4 Å². The number of likely N-dealkylation sites (N-methyl/N-ethyl adjacent to an activating group) is 1. The second-order valence-corrected chi connectivity index (χ2v) is 17.7.